The Morgan fingerprint density at radius 3 is 2.64 bits per heavy atom. The first kappa shape index (κ1) is 21.4. The van der Waals surface area contributed by atoms with Crippen molar-refractivity contribution in [1.82, 2.24) is 15.2 Å². The van der Waals surface area contributed by atoms with Crippen LogP contribution in [-0.4, -0.2) is 58.9 Å². The lowest BCUT2D eigenvalue weighted by molar-refractivity contribution is -0.122. The zero-order chi connectivity index (χ0) is 23.0. The van der Waals surface area contributed by atoms with Gasteiger partial charge in [0.2, 0.25) is 11.8 Å². The van der Waals surface area contributed by atoms with Crippen LogP contribution < -0.4 is 15.1 Å². The molecule has 8 nitrogen and oxygen atoms in total. The lowest BCUT2D eigenvalue weighted by atomic mass is 9.98. The average Bonchev–Trinajstić information content (AvgIpc) is 3.15. The van der Waals surface area contributed by atoms with Gasteiger partial charge >= 0.3 is 0 Å². The van der Waals surface area contributed by atoms with E-state index in [4.69, 9.17) is 0 Å². The van der Waals surface area contributed by atoms with Gasteiger partial charge in [-0.25, -0.2) is 4.98 Å². The maximum absolute atomic E-state index is 13.3. The van der Waals surface area contributed by atoms with Crippen molar-refractivity contribution in [2.24, 2.45) is 0 Å². The maximum atomic E-state index is 13.3. The fourth-order valence-electron chi connectivity index (χ4n) is 5.35. The van der Waals surface area contributed by atoms with E-state index in [0.717, 1.165) is 31.7 Å². The third-order valence-electron chi connectivity index (χ3n) is 7.14. The third-order valence-corrected chi connectivity index (χ3v) is 7.14. The molecule has 1 N–H and O–H groups in total. The van der Waals surface area contributed by atoms with Gasteiger partial charge in [-0.3, -0.25) is 19.3 Å². The van der Waals surface area contributed by atoms with Gasteiger partial charge in [0, 0.05) is 44.7 Å². The monoisotopic (exact) mass is 447 g/mol. The van der Waals surface area contributed by atoms with E-state index in [1.54, 1.807) is 22.1 Å². The highest BCUT2D eigenvalue weighted by Gasteiger charge is 2.52. The summed E-state index contributed by atoms with van der Waals surface area (Å²) < 4.78 is 0. The number of fused-ring (bicyclic) bond motifs is 3. The molecule has 2 saturated heterocycles. The van der Waals surface area contributed by atoms with Gasteiger partial charge in [0.15, 0.2) is 0 Å². The van der Waals surface area contributed by atoms with Gasteiger partial charge < -0.3 is 15.1 Å². The van der Waals surface area contributed by atoms with E-state index in [1.807, 2.05) is 43.3 Å². The van der Waals surface area contributed by atoms with Crippen molar-refractivity contribution in [3.63, 3.8) is 0 Å². The molecule has 5 rings (SSSR count). The number of rotatable bonds is 5. The first-order chi connectivity index (χ1) is 16.0. The Morgan fingerprint density at radius 2 is 1.88 bits per heavy atom. The number of carbonyl (C=O) groups is 3. The lowest BCUT2D eigenvalue weighted by Gasteiger charge is -2.48. The van der Waals surface area contributed by atoms with Crippen LogP contribution in [-0.2, 0) is 9.59 Å². The largest absolute Gasteiger partial charge is 0.356 e. The number of aromatic nitrogens is 1. The summed E-state index contributed by atoms with van der Waals surface area (Å²) in [6, 6.07) is 13.3. The van der Waals surface area contributed by atoms with Crippen molar-refractivity contribution >= 4 is 29.2 Å². The number of anilines is 2. The van der Waals surface area contributed by atoms with Gasteiger partial charge in [0.25, 0.3) is 5.91 Å². The molecule has 0 radical (unpaired) electrons. The molecule has 1 aromatic carbocycles. The third kappa shape index (κ3) is 3.83. The summed E-state index contributed by atoms with van der Waals surface area (Å²) in [5.74, 6) is 0.814. The maximum Gasteiger partial charge on any atom is 0.257 e. The van der Waals surface area contributed by atoms with Gasteiger partial charge in [-0.15, -0.1) is 0 Å². The normalized spacial score (nSPS) is 22.9. The number of carbonyl (C=O) groups excluding carboxylic acids is 3. The molecule has 172 valence electrons. The summed E-state index contributed by atoms with van der Waals surface area (Å²) in [4.78, 5) is 48.8. The van der Waals surface area contributed by atoms with Crippen molar-refractivity contribution < 1.29 is 14.4 Å². The summed E-state index contributed by atoms with van der Waals surface area (Å²) in [6.45, 7) is 3.90. The van der Waals surface area contributed by atoms with E-state index in [2.05, 4.69) is 15.2 Å². The van der Waals surface area contributed by atoms with E-state index < -0.39 is 5.66 Å². The highest BCUT2D eigenvalue weighted by molar-refractivity contribution is 6.10. The van der Waals surface area contributed by atoms with Gasteiger partial charge in [0.1, 0.15) is 11.5 Å². The molecule has 1 atom stereocenters. The van der Waals surface area contributed by atoms with Crippen molar-refractivity contribution in [1.29, 1.82) is 0 Å². The zero-order valence-corrected chi connectivity index (χ0v) is 18.9. The molecule has 0 bridgehead atoms. The van der Waals surface area contributed by atoms with Gasteiger partial charge in [-0.05, 0) is 50.5 Å². The van der Waals surface area contributed by atoms with Crippen molar-refractivity contribution in [2.75, 3.05) is 29.4 Å². The van der Waals surface area contributed by atoms with E-state index >= 15 is 0 Å². The number of nitrogens with zero attached hydrogens (tertiary/aromatic N) is 4. The summed E-state index contributed by atoms with van der Waals surface area (Å²) in [6.07, 6.45) is 4.70. The molecule has 3 amide bonds. The van der Waals surface area contributed by atoms with Crippen LogP contribution in [0.4, 0.5) is 11.5 Å². The fraction of sp³-hybridized carbons (Fsp3) is 0.440. The van der Waals surface area contributed by atoms with Crippen LogP contribution in [0.3, 0.4) is 0 Å². The van der Waals surface area contributed by atoms with Gasteiger partial charge in [-0.1, -0.05) is 18.2 Å². The van der Waals surface area contributed by atoms with Crippen LogP contribution in [0.1, 0.15) is 49.4 Å². The van der Waals surface area contributed by atoms with Crippen molar-refractivity contribution in [2.45, 2.75) is 50.7 Å². The zero-order valence-electron chi connectivity index (χ0n) is 18.9. The molecule has 1 aromatic heterocycles. The van der Waals surface area contributed by atoms with Crippen LogP contribution >= 0.6 is 0 Å². The number of hydrogen-bond donors (Lipinski definition) is 1. The second-order valence-corrected chi connectivity index (χ2v) is 9.19. The number of pyridine rings is 1. The Balaban J connectivity index is 1.20. The number of nitrogens with one attached hydrogen (secondary N) is 1. The molecule has 0 unspecified atom stereocenters. The topological polar surface area (TPSA) is 85.8 Å². The number of hydrogen-bond acceptors (Lipinski definition) is 5. The van der Waals surface area contributed by atoms with E-state index in [1.165, 1.54) is 0 Å². The molecule has 0 aliphatic carbocycles. The Labute approximate surface area is 193 Å². The van der Waals surface area contributed by atoms with Crippen LogP contribution in [0.25, 0.3) is 0 Å². The second-order valence-electron chi connectivity index (χ2n) is 9.19. The molecular weight excluding hydrogens is 418 g/mol. The van der Waals surface area contributed by atoms with Crippen LogP contribution in [0.5, 0.6) is 0 Å². The summed E-state index contributed by atoms with van der Waals surface area (Å²) >= 11 is 0. The number of benzene rings is 1. The smallest absolute Gasteiger partial charge is 0.257 e. The van der Waals surface area contributed by atoms with Crippen molar-refractivity contribution in [3.8, 4) is 0 Å². The highest BCUT2D eigenvalue weighted by atomic mass is 16.2. The minimum Gasteiger partial charge on any atom is -0.356 e. The summed E-state index contributed by atoms with van der Waals surface area (Å²) in [5.41, 5.74) is 0.469. The summed E-state index contributed by atoms with van der Waals surface area (Å²) in [7, 11) is 0. The highest BCUT2D eigenvalue weighted by Crippen LogP contribution is 2.43. The Bertz CT molecular complexity index is 1070. The molecule has 0 saturated carbocycles. The quantitative estimate of drug-likeness (QED) is 0.761. The predicted octanol–water partition coefficient (Wildman–Crippen LogP) is 2.56. The summed E-state index contributed by atoms with van der Waals surface area (Å²) in [5, 5.41) is 3.14. The van der Waals surface area contributed by atoms with E-state index in [-0.39, 0.29) is 36.7 Å². The lowest BCUT2D eigenvalue weighted by Crippen LogP contribution is -2.62. The predicted molar refractivity (Wildman–Crippen MR) is 125 cm³/mol. The minimum atomic E-state index is -0.725. The Hall–Kier alpha value is -3.42. The first-order valence-electron chi connectivity index (χ1n) is 11.7. The second kappa shape index (κ2) is 8.50. The van der Waals surface area contributed by atoms with Crippen LogP contribution in [0.2, 0.25) is 0 Å². The van der Waals surface area contributed by atoms with E-state index in [0.29, 0.717) is 24.1 Å². The first-order valence-corrected chi connectivity index (χ1v) is 11.7. The molecule has 2 aromatic rings. The Morgan fingerprint density at radius 1 is 1.12 bits per heavy atom. The SMILES string of the molecule is C[C@]12CCC(=O)N1c1ccccc1C(=O)N2CCC(=O)NC1CCN(c2ccccn2)CC1. The van der Waals surface area contributed by atoms with E-state index in [9.17, 15) is 14.4 Å². The molecule has 3 aliphatic rings. The molecule has 8 heteroatoms. The van der Waals surface area contributed by atoms with Gasteiger partial charge in [-0.2, -0.15) is 0 Å². The standard InChI is InChI=1S/C25H29N5O3/c1-25-13-9-23(32)30(25)20-7-3-2-6-19(20)24(33)29(25)17-12-22(31)27-18-10-15-28(16-11-18)21-8-4-5-14-26-21/h2-8,14,18H,9-13,15-17H2,1H3,(H,27,31)/t25-/m1/s1. The van der Waals surface area contributed by atoms with Crippen molar-refractivity contribution in [3.05, 3.63) is 54.2 Å². The molecule has 3 aliphatic heterocycles. The molecular formula is C25H29N5O3. The van der Waals surface area contributed by atoms with Gasteiger partial charge in [0.05, 0.1) is 11.3 Å². The molecule has 33 heavy (non-hydrogen) atoms. The average molecular weight is 448 g/mol. The number of para-hydroxylation sites is 1. The molecule has 2 fully saturated rings. The van der Waals surface area contributed by atoms with Crippen LogP contribution in [0, 0.1) is 0 Å². The number of piperidine rings is 1. The molecule has 0 spiro atoms. The minimum absolute atomic E-state index is 0.0200. The van der Waals surface area contributed by atoms with Crippen LogP contribution in [0.15, 0.2) is 48.7 Å². The molecule has 4 heterocycles. The fourth-order valence-corrected chi connectivity index (χ4v) is 5.35. The Kier molecular flexibility index (Phi) is 5.52. The number of amides is 3.